The highest BCUT2D eigenvalue weighted by Gasteiger charge is 2.15. The van der Waals surface area contributed by atoms with Gasteiger partial charge >= 0.3 is 0 Å². The molecule has 0 atom stereocenters. The maximum atomic E-state index is 12.3. The zero-order valence-electron chi connectivity index (χ0n) is 16.7. The van der Waals surface area contributed by atoms with Gasteiger partial charge in [0.05, 0.1) is 32.2 Å². The maximum Gasteiger partial charge on any atom is 0.290 e. The third-order valence-electron chi connectivity index (χ3n) is 4.43. The molecule has 3 heterocycles. The van der Waals surface area contributed by atoms with Crippen LogP contribution < -0.4 is 20.3 Å². The minimum absolute atomic E-state index is 0.133. The van der Waals surface area contributed by atoms with Gasteiger partial charge in [-0.1, -0.05) is 17.8 Å². The molecule has 4 aromatic rings. The fourth-order valence-electron chi connectivity index (χ4n) is 2.90. The topological polar surface area (TPSA) is 111 Å². The molecule has 0 bridgehead atoms. The largest absolute Gasteiger partial charge is 0.493 e. The van der Waals surface area contributed by atoms with Crippen molar-refractivity contribution in [2.45, 2.75) is 11.7 Å². The van der Waals surface area contributed by atoms with Crippen molar-refractivity contribution in [2.75, 3.05) is 20.0 Å². The summed E-state index contributed by atoms with van der Waals surface area (Å²) in [6.07, 6.45) is 0. The molecule has 0 saturated carbocycles. The molecule has 2 N–H and O–H groups in total. The fourth-order valence-corrected chi connectivity index (χ4v) is 4.28. The molecule has 9 nitrogen and oxygen atoms in total. The number of aromatic amines is 1. The van der Waals surface area contributed by atoms with Gasteiger partial charge in [-0.25, -0.2) is 9.61 Å². The quantitative estimate of drug-likeness (QED) is 0.391. The van der Waals surface area contributed by atoms with Crippen LogP contribution >= 0.6 is 23.1 Å². The van der Waals surface area contributed by atoms with Crippen molar-refractivity contribution in [3.63, 3.8) is 0 Å². The average molecular weight is 458 g/mol. The molecule has 11 heteroatoms. The van der Waals surface area contributed by atoms with E-state index in [1.807, 2.05) is 23.6 Å². The van der Waals surface area contributed by atoms with Crippen molar-refractivity contribution in [3.8, 4) is 22.8 Å². The van der Waals surface area contributed by atoms with Gasteiger partial charge in [0.25, 0.3) is 5.56 Å². The summed E-state index contributed by atoms with van der Waals surface area (Å²) in [6, 6.07) is 11.0. The Morgan fingerprint density at radius 2 is 2.06 bits per heavy atom. The molecule has 0 saturated heterocycles. The van der Waals surface area contributed by atoms with Gasteiger partial charge in [0.2, 0.25) is 11.1 Å². The van der Waals surface area contributed by atoms with E-state index in [0.717, 1.165) is 10.4 Å². The first-order chi connectivity index (χ1) is 15.1. The SMILES string of the molecule is COc1ccc(-c2cc3c(=O)[nH]nc(SCC(=O)NCc4cccs4)n3n2)cc1OC. The predicted molar refractivity (Wildman–Crippen MR) is 119 cm³/mol. The number of thiophene rings is 1. The van der Waals surface area contributed by atoms with Gasteiger partial charge < -0.3 is 14.8 Å². The van der Waals surface area contributed by atoms with Crippen LogP contribution in [-0.4, -0.2) is 45.7 Å². The third kappa shape index (κ3) is 4.57. The number of ether oxygens (including phenoxy) is 2. The zero-order chi connectivity index (χ0) is 21.8. The summed E-state index contributed by atoms with van der Waals surface area (Å²) in [6.45, 7) is 0.483. The van der Waals surface area contributed by atoms with Crippen molar-refractivity contribution in [2.24, 2.45) is 0 Å². The zero-order valence-corrected chi connectivity index (χ0v) is 18.4. The van der Waals surface area contributed by atoms with Crippen LogP contribution in [0, 0.1) is 0 Å². The van der Waals surface area contributed by atoms with Crippen molar-refractivity contribution < 1.29 is 14.3 Å². The van der Waals surface area contributed by atoms with E-state index >= 15 is 0 Å². The Bertz CT molecular complexity index is 1270. The normalized spacial score (nSPS) is 10.9. The number of nitrogens with one attached hydrogen (secondary N) is 2. The van der Waals surface area contributed by atoms with Crippen molar-refractivity contribution in [3.05, 3.63) is 57.0 Å². The smallest absolute Gasteiger partial charge is 0.290 e. The summed E-state index contributed by atoms with van der Waals surface area (Å²) in [5, 5.41) is 16.3. The molecule has 3 aromatic heterocycles. The number of rotatable bonds is 8. The van der Waals surface area contributed by atoms with Crippen LogP contribution in [0.5, 0.6) is 11.5 Å². The van der Waals surface area contributed by atoms with Crippen molar-refractivity contribution in [1.29, 1.82) is 0 Å². The van der Waals surface area contributed by atoms with E-state index in [4.69, 9.17) is 9.47 Å². The second-order valence-electron chi connectivity index (χ2n) is 6.38. The molecule has 1 aromatic carbocycles. The third-order valence-corrected chi connectivity index (χ3v) is 6.23. The number of carbonyl (C=O) groups excluding carboxylic acids is 1. The van der Waals surface area contributed by atoms with E-state index in [2.05, 4.69) is 20.6 Å². The van der Waals surface area contributed by atoms with E-state index in [-0.39, 0.29) is 17.2 Å². The molecule has 160 valence electrons. The van der Waals surface area contributed by atoms with Crippen LogP contribution in [0.15, 0.2) is 51.7 Å². The van der Waals surface area contributed by atoms with E-state index < -0.39 is 0 Å². The lowest BCUT2D eigenvalue weighted by Crippen LogP contribution is -2.24. The Morgan fingerprint density at radius 1 is 1.23 bits per heavy atom. The molecular formula is C20H19N5O4S2. The summed E-state index contributed by atoms with van der Waals surface area (Å²) in [7, 11) is 3.12. The van der Waals surface area contributed by atoms with Crippen LogP contribution in [0.3, 0.4) is 0 Å². The van der Waals surface area contributed by atoms with Gasteiger partial charge in [-0.2, -0.15) is 5.10 Å². The summed E-state index contributed by atoms with van der Waals surface area (Å²) in [5.74, 6) is 1.16. The Labute approximate surface area is 185 Å². The Kier molecular flexibility index (Phi) is 6.23. The number of methoxy groups -OCH3 is 2. The lowest BCUT2D eigenvalue weighted by Gasteiger charge is -2.08. The predicted octanol–water partition coefficient (Wildman–Crippen LogP) is 2.57. The Balaban J connectivity index is 1.55. The van der Waals surface area contributed by atoms with Crippen molar-refractivity contribution >= 4 is 34.5 Å². The van der Waals surface area contributed by atoms with Gasteiger partial charge in [-0.15, -0.1) is 16.4 Å². The highest BCUT2D eigenvalue weighted by Crippen LogP contribution is 2.32. The first-order valence-corrected chi connectivity index (χ1v) is 11.1. The number of H-pyrrole nitrogens is 1. The Hall–Kier alpha value is -3.31. The first-order valence-electron chi connectivity index (χ1n) is 9.22. The molecule has 0 fully saturated rings. The van der Waals surface area contributed by atoms with Crippen LogP contribution in [0.1, 0.15) is 4.88 Å². The van der Waals surface area contributed by atoms with Gasteiger partial charge in [0, 0.05) is 10.4 Å². The molecular weight excluding hydrogens is 438 g/mol. The molecule has 31 heavy (non-hydrogen) atoms. The van der Waals surface area contributed by atoms with Crippen LogP contribution in [0.2, 0.25) is 0 Å². The number of amides is 1. The van der Waals surface area contributed by atoms with Crippen LogP contribution in [-0.2, 0) is 11.3 Å². The first kappa shape index (κ1) is 20.9. The minimum Gasteiger partial charge on any atom is -0.493 e. The standard InChI is InChI=1S/C20H19N5O4S2/c1-28-16-6-5-12(8-17(16)29-2)14-9-15-19(27)22-23-20(25(15)24-14)31-11-18(26)21-10-13-4-3-7-30-13/h3-9H,10-11H2,1-2H3,(H,21,26)(H,22,27). The number of thioether (sulfide) groups is 1. The van der Waals surface area contributed by atoms with Crippen molar-refractivity contribution in [1.82, 2.24) is 25.1 Å². The van der Waals surface area contributed by atoms with Crippen LogP contribution in [0.25, 0.3) is 16.8 Å². The Morgan fingerprint density at radius 3 is 2.81 bits per heavy atom. The lowest BCUT2D eigenvalue weighted by molar-refractivity contribution is -0.118. The second-order valence-corrected chi connectivity index (χ2v) is 8.35. The summed E-state index contributed by atoms with van der Waals surface area (Å²) >= 11 is 2.78. The van der Waals surface area contributed by atoms with Gasteiger partial charge in [-0.3, -0.25) is 9.59 Å². The molecule has 0 spiro atoms. The van der Waals surface area contributed by atoms with Gasteiger partial charge in [-0.05, 0) is 35.7 Å². The number of hydrogen-bond acceptors (Lipinski definition) is 8. The van der Waals surface area contributed by atoms with E-state index in [9.17, 15) is 9.59 Å². The molecule has 0 aliphatic carbocycles. The monoisotopic (exact) mass is 457 g/mol. The molecule has 0 aliphatic heterocycles. The minimum atomic E-state index is -0.370. The lowest BCUT2D eigenvalue weighted by atomic mass is 10.1. The molecule has 4 rings (SSSR count). The number of aromatic nitrogens is 4. The van der Waals surface area contributed by atoms with Crippen LogP contribution in [0.4, 0.5) is 0 Å². The summed E-state index contributed by atoms with van der Waals surface area (Å²) in [5.41, 5.74) is 1.29. The molecule has 0 aliphatic rings. The fraction of sp³-hybridized carbons (Fsp3) is 0.200. The van der Waals surface area contributed by atoms with E-state index in [0.29, 0.717) is 34.4 Å². The summed E-state index contributed by atoms with van der Waals surface area (Å²) in [4.78, 5) is 25.5. The van der Waals surface area contributed by atoms with Gasteiger partial charge in [0.1, 0.15) is 5.52 Å². The number of hydrogen-bond donors (Lipinski definition) is 2. The highest BCUT2D eigenvalue weighted by molar-refractivity contribution is 7.99. The maximum absolute atomic E-state index is 12.3. The average Bonchev–Trinajstić information content (AvgIpc) is 3.47. The van der Waals surface area contributed by atoms with E-state index in [1.54, 1.807) is 43.8 Å². The molecule has 0 unspecified atom stereocenters. The summed E-state index contributed by atoms with van der Waals surface area (Å²) < 4.78 is 12.1. The number of nitrogens with zero attached hydrogens (tertiary/aromatic N) is 3. The molecule has 0 radical (unpaired) electrons. The second kappa shape index (κ2) is 9.23. The van der Waals surface area contributed by atoms with Gasteiger partial charge in [0.15, 0.2) is 11.5 Å². The van der Waals surface area contributed by atoms with E-state index in [1.165, 1.54) is 16.3 Å². The number of carbonyl (C=O) groups is 1. The molecule has 1 amide bonds. The number of benzene rings is 1. The number of fused-ring (bicyclic) bond motifs is 1. The highest BCUT2D eigenvalue weighted by atomic mass is 32.2.